The monoisotopic (exact) mass is 322 g/mol. The van der Waals surface area contributed by atoms with E-state index in [9.17, 15) is 12.8 Å². The number of sulfonamides is 1. The second-order valence-corrected chi connectivity index (χ2v) is 6.72. The minimum absolute atomic E-state index is 0.0393. The predicted octanol–water partition coefficient (Wildman–Crippen LogP) is 1.36. The number of nitrogens with two attached hydrogens (primary N) is 1. The largest absolute Gasteiger partial charge is 0.328 e. The van der Waals surface area contributed by atoms with Crippen molar-refractivity contribution in [3.05, 3.63) is 28.5 Å². The third kappa shape index (κ3) is 2.85. The van der Waals surface area contributed by atoms with Gasteiger partial charge in [-0.3, -0.25) is 0 Å². The van der Waals surface area contributed by atoms with Crippen molar-refractivity contribution < 1.29 is 12.8 Å². The molecule has 2 rings (SSSR count). The first-order valence-electron chi connectivity index (χ1n) is 5.11. The molecule has 1 aromatic rings. The van der Waals surface area contributed by atoms with Gasteiger partial charge in [0.15, 0.2) is 0 Å². The van der Waals surface area contributed by atoms with Crippen LogP contribution in [0.25, 0.3) is 0 Å². The summed E-state index contributed by atoms with van der Waals surface area (Å²) in [6.07, 6.45) is 1.19. The molecule has 1 aliphatic carbocycles. The third-order valence-corrected chi connectivity index (χ3v) is 4.73. The molecule has 0 aliphatic heterocycles. The van der Waals surface area contributed by atoms with Crippen molar-refractivity contribution in [2.24, 2.45) is 5.73 Å². The summed E-state index contributed by atoms with van der Waals surface area (Å²) in [5.41, 5.74) is 5.56. The summed E-state index contributed by atoms with van der Waals surface area (Å²) < 4.78 is 40.2. The van der Waals surface area contributed by atoms with Gasteiger partial charge in [0.1, 0.15) is 10.7 Å². The fourth-order valence-corrected chi connectivity index (χ4v) is 3.39. The summed E-state index contributed by atoms with van der Waals surface area (Å²) in [6, 6.07) is 3.71. The fraction of sp³-hybridized carbons (Fsp3) is 0.400. The van der Waals surface area contributed by atoms with E-state index in [4.69, 9.17) is 5.73 Å². The molecular formula is C10H12BrFN2O2S. The Labute approximate surface area is 108 Å². The van der Waals surface area contributed by atoms with E-state index >= 15 is 0 Å². The van der Waals surface area contributed by atoms with Crippen LogP contribution in [0.5, 0.6) is 0 Å². The first kappa shape index (κ1) is 12.9. The van der Waals surface area contributed by atoms with Crippen LogP contribution in [0.15, 0.2) is 27.6 Å². The molecule has 1 aromatic carbocycles. The van der Waals surface area contributed by atoms with Gasteiger partial charge in [0.05, 0.1) is 0 Å². The molecule has 0 heterocycles. The smallest absolute Gasteiger partial charge is 0.243 e. The van der Waals surface area contributed by atoms with E-state index in [1.165, 1.54) is 12.1 Å². The zero-order valence-corrected chi connectivity index (χ0v) is 11.3. The quantitative estimate of drug-likeness (QED) is 0.882. The molecule has 3 N–H and O–H groups in total. The van der Waals surface area contributed by atoms with Gasteiger partial charge in [-0.1, -0.05) is 15.9 Å². The molecule has 17 heavy (non-hydrogen) atoms. The van der Waals surface area contributed by atoms with E-state index in [1.807, 2.05) is 0 Å². The molecule has 0 spiro atoms. The summed E-state index contributed by atoms with van der Waals surface area (Å²) in [6.45, 7) is 0. The van der Waals surface area contributed by atoms with Gasteiger partial charge in [-0.2, -0.15) is 0 Å². The Hall–Kier alpha value is -0.500. The van der Waals surface area contributed by atoms with Crippen molar-refractivity contribution in [3.63, 3.8) is 0 Å². The molecule has 1 aliphatic rings. The summed E-state index contributed by atoms with van der Waals surface area (Å²) in [7, 11) is -3.79. The molecule has 7 heteroatoms. The summed E-state index contributed by atoms with van der Waals surface area (Å²) in [5.74, 6) is -0.768. The summed E-state index contributed by atoms with van der Waals surface area (Å²) in [5, 5.41) is 0. The molecule has 0 saturated heterocycles. The van der Waals surface area contributed by atoms with Crippen LogP contribution in [0.2, 0.25) is 0 Å². The number of benzene rings is 1. The Morgan fingerprint density at radius 2 is 2.06 bits per heavy atom. The van der Waals surface area contributed by atoms with Crippen molar-refractivity contribution in [2.75, 3.05) is 0 Å². The lowest BCUT2D eigenvalue weighted by atomic mass is 9.89. The highest BCUT2D eigenvalue weighted by molar-refractivity contribution is 9.10. The number of rotatable bonds is 3. The number of hydrogen-bond donors (Lipinski definition) is 2. The van der Waals surface area contributed by atoms with E-state index in [-0.39, 0.29) is 17.0 Å². The lowest BCUT2D eigenvalue weighted by Gasteiger charge is -2.32. The van der Waals surface area contributed by atoms with E-state index in [0.717, 1.165) is 6.07 Å². The van der Waals surface area contributed by atoms with E-state index in [1.54, 1.807) is 0 Å². The van der Waals surface area contributed by atoms with Crippen molar-refractivity contribution in [3.8, 4) is 0 Å². The lowest BCUT2D eigenvalue weighted by molar-refractivity contribution is 0.326. The number of nitrogens with one attached hydrogen (secondary N) is 1. The molecule has 0 atom stereocenters. The zero-order chi connectivity index (χ0) is 12.6. The molecule has 0 amide bonds. The highest BCUT2D eigenvalue weighted by atomic mass is 79.9. The molecule has 1 fully saturated rings. The van der Waals surface area contributed by atoms with Crippen LogP contribution in [-0.2, 0) is 10.0 Å². The maximum absolute atomic E-state index is 13.5. The lowest BCUT2D eigenvalue weighted by Crippen LogP contribution is -2.50. The zero-order valence-electron chi connectivity index (χ0n) is 8.86. The van der Waals surface area contributed by atoms with Gasteiger partial charge in [0.2, 0.25) is 10.0 Å². The highest BCUT2D eigenvalue weighted by Gasteiger charge is 2.31. The third-order valence-electron chi connectivity index (χ3n) is 2.68. The van der Waals surface area contributed by atoms with Crippen LogP contribution >= 0.6 is 15.9 Å². The second-order valence-electron chi connectivity index (χ2n) is 4.12. The van der Waals surface area contributed by atoms with Gasteiger partial charge >= 0.3 is 0 Å². The van der Waals surface area contributed by atoms with E-state index < -0.39 is 15.8 Å². The van der Waals surface area contributed by atoms with Crippen molar-refractivity contribution >= 4 is 26.0 Å². The van der Waals surface area contributed by atoms with Crippen LogP contribution in [0.1, 0.15) is 12.8 Å². The molecule has 94 valence electrons. The molecule has 0 radical (unpaired) electrons. The molecule has 0 aromatic heterocycles. The first-order valence-corrected chi connectivity index (χ1v) is 7.39. The van der Waals surface area contributed by atoms with Gasteiger partial charge in [-0.25, -0.2) is 17.5 Å². The molecule has 0 bridgehead atoms. The minimum Gasteiger partial charge on any atom is -0.328 e. The molecule has 1 saturated carbocycles. The Balaban J connectivity index is 2.20. The normalized spacial score (nSPS) is 24.4. The van der Waals surface area contributed by atoms with E-state index in [2.05, 4.69) is 20.7 Å². The molecule has 4 nitrogen and oxygen atoms in total. The topological polar surface area (TPSA) is 72.2 Å². The average molecular weight is 323 g/mol. The fourth-order valence-electron chi connectivity index (χ4n) is 1.73. The predicted molar refractivity (Wildman–Crippen MR) is 65.4 cm³/mol. The van der Waals surface area contributed by atoms with Gasteiger partial charge in [-0.15, -0.1) is 0 Å². The maximum atomic E-state index is 13.5. The maximum Gasteiger partial charge on any atom is 0.243 e. The van der Waals surface area contributed by atoms with Gasteiger partial charge in [-0.05, 0) is 31.0 Å². The van der Waals surface area contributed by atoms with Gasteiger partial charge in [0.25, 0.3) is 0 Å². The minimum atomic E-state index is -3.79. The van der Waals surface area contributed by atoms with Crippen molar-refractivity contribution in [2.45, 2.75) is 29.8 Å². The van der Waals surface area contributed by atoms with Gasteiger partial charge < -0.3 is 5.73 Å². The SMILES string of the molecule is NC1CC(NS(=O)(=O)c2ccc(Br)cc2F)C1. The molecule has 0 unspecified atom stereocenters. The second kappa shape index (κ2) is 4.64. The van der Waals surface area contributed by atoms with Gasteiger partial charge in [0, 0.05) is 16.6 Å². The Kier molecular flexibility index (Phi) is 3.53. The standard InChI is InChI=1S/C10H12BrFN2O2S/c11-6-1-2-10(9(12)3-6)17(15,16)14-8-4-7(13)5-8/h1-3,7-8,14H,4-5,13H2. The summed E-state index contributed by atoms with van der Waals surface area (Å²) >= 11 is 3.07. The average Bonchev–Trinajstić information content (AvgIpc) is 2.14. The number of halogens is 2. The van der Waals surface area contributed by atoms with Crippen LogP contribution in [0, 0.1) is 5.82 Å². The van der Waals surface area contributed by atoms with Crippen LogP contribution in [0.3, 0.4) is 0 Å². The summed E-state index contributed by atoms with van der Waals surface area (Å²) in [4.78, 5) is -0.332. The van der Waals surface area contributed by atoms with Crippen molar-refractivity contribution in [1.82, 2.24) is 4.72 Å². The van der Waals surface area contributed by atoms with Crippen LogP contribution in [0.4, 0.5) is 4.39 Å². The highest BCUT2D eigenvalue weighted by Crippen LogP contribution is 2.23. The Morgan fingerprint density at radius 1 is 1.41 bits per heavy atom. The number of hydrogen-bond acceptors (Lipinski definition) is 3. The molecular weight excluding hydrogens is 311 g/mol. The van der Waals surface area contributed by atoms with Crippen LogP contribution < -0.4 is 10.5 Å². The first-order chi connectivity index (χ1) is 7.88. The van der Waals surface area contributed by atoms with Crippen molar-refractivity contribution in [1.29, 1.82) is 0 Å². The van der Waals surface area contributed by atoms with E-state index in [0.29, 0.717) is 17.3 Å². The Morgan fingerprint density at radius 3 is 2.59 bits per heavy atom. The Bertz CT molecular complexity index is 529. The van der Waals surface area contributed by atoms with Crippen LogP contribution in [-0.4, -0.2) is 20.5 Å².